The van der Waals surface area contributed by atoms with Crippen LogP contribution in [0.4, 0.5) is 0 Å². The molecule has 1 heterocycles. The number of benzene rings is 1. The molecule has 1 aromatic carbocycles. The molecule has 0 spiro atoms. The van der Waals surface area contributed by atoms with Crippen molar-refractivity contribution in [3.63, 3.8) is 0 Å². The van der Waals surface area contributed by atoms with Crippen molar-refractivity contribution in [1.29, 1.82) is 0 Å². The molecule has 0 bridgehead atoms. The zero-order valence-electron chi connectivity index (χ0n) is 13.3. The third kappa shape index (κ3) is 4.36. The Hall–Kier alpha value is -1.74. The summed E-state index contributed by atoms with van der Waals surface area (Å²) < 4.78 is 10.8. The quantitative estimate of drug-likeness (QED) is 0.826. The van der Waals surface area contributed by atoms with Crippen LogP contribution in [0.1, 0.15) is 43.2 Å². The number of ether oxygens (including phenoxy) is 1. The molecule has 21 heavy (non-hydrogen) atoms. The van der Waals surface area contributed by atoms with Gasteiger partial charge in [0.25, 0.3) is 0 Å². The molecule has 1 N–H and O–H groups in total. The number of aryl methyl sites for hydroxylation is 2. The van der Waals surface area contributed by atoms with Crippen LogP contribution in [0.3, 0.4) is 0 Å². The van der Waals surface area contributed by atoms with Gasteiger partial charge in [0.1, 0.15) is 11.5 Å². The Morgan fingerprint density at radius 1 is 1.24 bits per heavy atom. The molecule has 0 aliphatic rings. The van der Waals surface area contributed by atoms with Gasteiger partial charge in [0, 0.05) is 24.1 Å². The smallest absolute Gasteiger partial charge is 0.123 e. The van der Waals surface area contributed by atoms with Gasteiger partial charge in [0.2, 0.25) is 0 Å². The second kappa shape index (κ2) is 7.32. The maximum atomic E-state index is 5.47. The molecule has 0 amide bonds. The summed E-state index contributed by atoms with van der Waals surface area (Å²) in [5.74, 6) is 1.99. The highest BCUT2D eigenvalue weighted by Crippen LogP contribution is 2.26. The van der Waals surface area contributed by atoms with E-state index in [0.717, 1.165) is 24.4 Å². The molecule has 3 heteroatoms. The van der Waals surface area contributed by atoms with Crippen molar-refractivity contribution in [2.45, 2.75) is 45.7 Å². The van der Waals surface area contributed by atoms with Gasteiger partial charge in [-0.2, -0.15) is 0 Å². The van der Waals surface area contributed by atoms with Crippen LogP contribution in [0.2, 0.25) is 0 Å². The van der Waals surface area contributed by atoms with Gasteiger partial charge in [-0.1, -0.05) is 17.7 Å². The van der Waals surface area contributed by atoms with Crippen molar-refractivity contribution < 1.29 is 9.15 Å². The first-order valence-corrected chi connectivity index (χ1v) is 7.53. The van der Waals surface area contributed by atoms with Gasteiger partial charge in [0.15, 0.2) is 0 Å². The van der Waals surface area contributed by atoms with E-state index in [9.17, 15) is 0 Å². The lowest BCUT2D eigenvalue weighted by Gasteiger charge is -2.22. The zero-order valence-corrected chi connectivity index (χ0v) is 13.3. The van der Waals surface area contributed by atoms with E-state index >= 15 is 0 Å². The summed E-state index contributed by atoms with van der Waals surface area (Å²) in [6, 6.07) is 10.9. The minimum absolute atomic E-state index is 0.256. The van der Waals surface area contributed by atoms with Gasteiger partial charge >= 0.3 is 0 Å². The van der Waals surface area contributed by atoms with Crippen molar-refractivity contribution in [3.8, 4) is 5.75 Å². The Bertz CT molecular complexity index is 548. The molecule has 0 aliphatic heterocycles. The summed E-state index contributed by atoms with van der Waals surface area (Å²) in [5.41, 5.74) is 2.46. The van der Waals surface area contributed by atoms with Crippen LogP contribution in [0, 0.1) is 6.92 Å². The van der Waals surface area contributed by atoms with Crippen LogP contribution >= 0.6 is 0 Å². The van der Waals surface area contributed by atoms with E-state index in [1.54, 1.807) is 13.4 Å². The fourth-order valence-corrected chi connectivity index (χ4v) is 2.61. The number of methoxy groups -OCH3 is 1. The summed E-state index contributed by atoms with van der Waals surface area (Å²) in [5, 5.41) is 3.64. The van der Waals surface area contributed by atoms with Crippen LogP contribution in [-0.2, 0) is 6.42 Å². The van der Waals surface area contributed by atoms with Gasteiger partial charge in [-0.15, -0.1) is 0 Å². The topological polar surface area (TPSA) is 34.4 Å². The van der Waals surface area contributed by atoms with Gasteiger partial charge in [-0.25, -0.2) is 0 Å². The normalized spacial score (nSPS) is 13.9. The Labute approximate surface area is 127 Å². The van der Waals surface area contributed by atoms with Crippen LogP contribution in [0.25, 0.3) is 0 Å². The third-order valence-electron chi connectivity index (χ3n) is 3.79. The van der Waals surface area contributed by atoms with E-state index in [1.165, 1.54) is 11.1 Å². The molecule has 3 nitrogen and oxygen atoms in total. The molecule has 0 saturated heterocycles. The van der Waals surface area contributed by atoms with Crippen LogP contribution in [0.15, 0.2) is 41.0 Å². The average molecular weight is 287 g/mol. The molecule has 2 aromatic rings. The molecule has 2 atom stereocenters. The Kier molecular flexibility index (Phi) is 5.45. The SMILES string of the molecule is COc1ccc(C)cc1C(C)NC(C)CCc1ccco1. The lowest BCUT2D eigenvalue weighted by molar-refractivity contribution is 0.389. The Morgan fingerprint density at radius 3 is 2.71 bits per heavy atom. The van der Waals surface area contributed by atoms with E-state index in [0.29, 0.717) is 6.04 Å². The van der Waals surface area contributed by atoms with Gasteiger partial charge in [0.05, 0.1) is 13.4 Å². The largest absolute Gasteiger partial charge is 0.496 e. The highest BCUT2D eigenvalue weighted by atomic mass is 16.5. The first kappa shape index (κ1) is 15.6. The highest BCUT2D eigenvalue weighted by Gasteiger charge is 2.14. The van der Waals surface area contributed by atoms with E-state index in [1.807, 2.05) is 18.2 Å². The standard InChI is InChI=1S/C18H25NO2/c1-13-7-10-18(20-4)17(12-13)15(3)19-14(2)8-9-16-6-5-11-21-16/h5-7,10-12,14-15,19H,8-9H2,1-4H3. The third-order valence-corrected chi connectivity index (χ3v) is 3.79. The first-order valence-electron chi connectivity index (χ1n) is 7.53. The van der Waals surface area contributed by atoms with Crippen LogP contribution < -0.4 is 10.1 Å². The predicted molar refractivity (Wildman–Crippen MR) is 85.8 cm³/mol. The number of nitrogens with one attached hydrogen (secondary N) is 1. The average Bonchev–Trinajstić information content (AvgIpc) is 2.98. The number of hydrogen-bond acceptors (Lipinski definition) is 3. The second-order valence-corrected chi connectivity index (χ2v) is 5.65. The Morgan fingerprint density at radius 2 is 2.05 bits per heavy atom. The van der Waals surface area contributed by atoms with Gasteiger partial charge in [-0.05, 0) is 45.4 Å². The van der Waals surface area contributed by atoms with E-state index in [4.69, 9.17) is 9.15 Å². The van der Waals surface area contributed by atoms with Gasteiger partial charge in [-0.3, -0.25) is 0 Å². The minimum atomic E-state index is 0.256. The maximum absolute atomic E-state index is 5.47. The summed E-state index contributed by atoms with van der Waals surface area (Å²) in [7, 11) is 1.72. The van der Waals surface area contributed by atoms with E-state index < -0.39 is 0 Å². The molecule has 2 rings (SSSR count). The lowest BCUT2D eigenvalue weighted by atomic mass is 10.0. The number of furan rings is 1. The van der Waals surface area contributed by atoms with Crippen molar-refractivity contribution in [1.82, 2.24) is 5.32 Å². The molecular formula is C18H25NO2. The molecule has 0 aliphatic carbocycles. The lowest BCUT2D eigenvalue weighted by Crippen LogP contribution is -2.29. The van der Waals surface area contributed by atoms with Crippen molar-refractivity contribution in [2.24, 2.45) is 0 Å². The zero-order chi connectivity index (χ0) is 15.2. The molecule has 114 valence electrons. The Balaban J connectivity index is 1.93. The molecule has 2 unspecified atom stereocenters. The molecule has 0 fully saturated rings. The summed E-state index contributed by atoms with van der Waals surface area (Å²) in [6.45, 7) is 6.50. The molecule has 1 aromatic heterocycles. The fraction of sp³-hybridized carbons (Fsp3) is 0.444. The van der Waals surface area contributed by atoms with Crippen molar-refractivity contribution >= 4 is 0 Å². The minimum Gasteiger partial charge on any atom is -0.496 e. The summed E-state index contributed by atoms with van der Waals surface area (Å²) in [4.78, 5) is 0. The summed E-state index contributed by atoms with van der Waals surface area (Å²) >= 11 is 0. The van der Waals surface area contributed by atoms with Crippen molar-refractivity contribution in [2.75, 3.05) is 7.11 Å². The molecule has 0 saturated carbocycles. The monoisotopic (exact) mass is 287 g/mol. The number of rotatable bonds is 7. The first-order chi connectivity index (χ1) is 10.1. The van der Waals surface area contributed by atoms with Crippen LogP contribution in [-0.4, -0.2) is 13.2 Å². The molecular weight excluding hydrogens is 262 g/mol. The number of hydrogen-bond donors (Lipinski definition) is 1. The highest BCUT2D eigenvalue weighted by molar-refractivity contribution is 5.38. The summed E-state index contributed by atoms with van der Waals surface area (Å²) in [6.07, 6.45) is 3.73. The van der Waals surface area contributed by atoms with Crippen molar-refractivity contribution in [3.05, 3.63) is 53.5 Å². The van der Waals surface area contributed by atoms with E-state index in [2.05, 4.69) is 38.2 Å². The van der Waals surface area contributed by atoms with E-state index in [-0.39, 0.29) is 6.04 Å². The fourth-order valence-electron chi connectivity index (χ4n) is 2.61. The molecule has 0 radical (unpaired) electrons. The van der Waals surface area contributed by atoms with Gasteiger partial charge < -0.3 is 14.5 Å². The van der Waals surface area contributed by atoms with Crippen LogP contribution in [0.5, 0.6) is 5.75 Å². The maximum Gasteiger partial charge on any atom is 0.123 e. The predicted octanol–water partition coefficient (Wildman–Crippen LogP) is 4.27. The second-order valence-electron chi connectivity index (χ2n) is 5.65.